The van der Waals surface area contributed by atoms with Crippen LogP contribution in [-0.2, 0) is 11.3 Å². The summed E-state index contributed by atoms with van der Waals surface area (Å²) in [5.41, 5.74) is 2.81. The lowest BCUT2D eigenvalue weighted by Gasteiger charge is -2.13. The number of imide groups is 1. The van der Waals surface area contributed by atoms with Gasteiger partial charge in [-0.3, -0.25) is 14.4 Å². The molecule has 36 heavy (non-hydrogen) atoms. The maximum absolute atomic E-state index is 12.3. The van der Waals surface area contributed by atoms with E-state index in [1.807, 2.05) is 24.3 Å². The Balaban J connectivity index is 1.18. The quantitative estimate of drug-likeness (QED) is 0.349. The Morgan fingerprint density at radius 1 is 0.833 bits per heavy atom. The average Bonchev–Trinajstić information content (AvgIpc) is 3.44. The van der Waals surface area contributed by atoms with Crippen LogP contribution in [0.2, 0.25) is 0 Å². The molecule has 2 heterocycles. The van der Waals surface area contributed by atoms with Gasteiger partial charge in [-0.2, -0.15) is 0 Å². The van der Waals surface area contributed by atoms with Crippen molar-refractivity contribution in [2.45, 2.75) is 12.8 Å². The van der Waals surface area contributed by atoms with E-state index in [0.29, 0.717) is 29.1 Å². The van der Waals surface area contributed by atoms with Crippen LogP contribution in [0.15, 0.2) is 79.1 Å². The van der Waals surface area contributed by atoms with Gasteiger partial charge in [0.2, 0.25) is 0 Å². The maximum atomic E-state index is 12.3. The maximum Gasteiger partial charge on any atom is 0.573 e. The predicted octanol–water partition coefficient (Wildman–Crippen LogP) is 4.60. The van der Waals surface area contributed by atoms with Crippen molar-refractivity contribution < 1.29 is 32.3 Å². The molecule has 1 aromatic heterocycles. The molecule has 0 radical (unpaired) electrons. The molecule has 2 amide bonds. The van der Waals surface area contributed by atoms with Gasteiger partial charge in [0, 0.05) is 5.56 Å². The van der Waals surface area contributed by atoms with Crippen molar-refractivity contribution in [2.24, 2.45) is 0 Å². The van der Waals surface area contributed by atoms with Gasteiger partial charge in [0.05, 0.1) is 23.4 Å². The molecule has 0 aliphatic carbocycles. The summed E-state index contributed by atoms with van der Waals surface area (Å²) in [6.07, 6.45) is -2.84. The molecule has 1 aliphatic heterocycles. The summed E-state index contributed by atoms with van der Waals surface area (Å²) in [6.45, 7) is 0.131. The fourth-order valence-corrected chi connectivity index (χ4v) is 3.68. The second kappa shape index (κ2) is 9.27. The molecule has 0 fully saturated rings. The van der Waals surface area contributed by atoms with E-state index in [4.69, 9.17) is 4.84 Å². The molecule has 0 bridgehead atoms. The Kier molecular flexibility index (Phi) is 5.98. The van der Waals surface area contributed by atoms with E-state index in [-0.39, 0.29) is 12.4 Å². The number of hydrogen-bond acceptors (Lipinski definition) is 6. The van der Waals surface area contributed by atoms with Crippen molar-refractivity contribution in [3.63, 3.8) is 0 Å². The summed E-state index contributed by atoms with van der Waals surface area (Å²) in [5.74, 6) is -0.848. The molecule has 5 rings (SSSR count). The molecule has 0 unspecified atom stereocenters. The molecule has 182 valence electrons. The minimum atomic E-state index is -4.75. The fraction of sp³-hybridized carbons (Fsp3) is 0.120. The van der Waals surface area contributed by atoms with Crippen LogP contribution in [-0.4, -0.2) is 44.6 Å². The zero-order valence-corrected chi connectivity index (χ0v) is 18.5. The summed E-state index contributed by atoms with van der Waals surface area (Å²) in [4.78, 5) is 34.4. The van der Waals surface area contributed by atoms with E-state index in [1.54, 1.807) is 24.3 Å². The highest BCUT2D eigenvalue weighted by atomic mass is 19.4. The van der Waals surface area contributed by atoms with E-state index in [9.17, 15) is 22.8 Å². The third kappa shape index (κ3) is 4.82. The molecule has 0 spiro atoms. The summed E-state index contributed by atoms with van der Waals surface area (Å²) in [5, 5.41) is 5.16. The van der Waals surface area contributed by atoms with Crippen LogP contribution in [0.4, 0.5) is 13.2 Å². The zero-order valence-electron chi connectivity index (χ0n) is 18.5. The average molecular weight is 494 g/mol. The fourth-order valence-electron chi connectivity index (χ4n) is 3.68. The number of nitrogens with zero attached hydrogens (tertiary/aromatic N) is 4. The molecule has 4 aromatic rings. The lowest BCUT2D eigenvalue weighted by molar-refractivity contribution is -0.274. The number of benzene rings is 3. The highest BCUT2D eigenvalue weighted by Crippen LogP contribution is 2.25. The van der Waals surface area contributed by atoms with Crippen molar-refractivity contribution in [1.82, 2.24) is 19.8 Å². The minimum Gasteiger partial charge on any atom is -0.406 e. The highest BCUT2D eigenvalue weighted by Gasteiger charge is 2.36. The van der Waals surface area contributed by atoms with E-state index in [2.05, 4.69) is 14.8 Å². The summed E-state index contributed by atoms with van der Waals surface area (Å²) >= 11 is 0. The number of ether oxygens (including phenoxy) is 1. The number of halogens is 3. The highest BCUT2D eigenvalue weighted by molar-refractivity contribution is 6.20. The van der Waals surface area contributed by atoms with Crippen LogP contribution in [0.25, 0.3) is 17.1 Å². The first-order valence-electron chi connectivity index (χ1n) is 10.8. The number of alkyl halides is 3. The van der Waals surface area contributed by atoms with Gasteiger partial charge in [0.1, 0.15) is 12.1 Å². The van der Waals surface area contributed by atoms with Gasteiger partial charge >= 0.3 is 6.36 Å². The molecule has 1 aliphatic rings. The monoisotopic (exact) mass is 494 g/mol. The van der Waals surface area contributed by atoms with Crippen molar-refractivity contribution in [3.8, 4) is 22.8 Å². The van der Waals surface area contributed by atoms with E-state index < -0.39 is 18.2 Å². The predicted molar refractivity (Wildman–Crippen MR) is 120 cm³/mol. The Labute approximate surface area is 202 Å². The van der Waals surface area contributed by atoms with Gasteiger partial charge in [0.15, 0.2) is 5.82 Å². The molecule has 0 atom stereocenters. The lowest BCUT2D eigenvalue weighted by Crippen LogP contribution is -2.30. The van der Waals surface area contributed by atoms with Gasteiger partial charge in [-0.05, 0) is 48.4 Å². The van der Waals surface area contributed by atoms with Crippen molar-refractivity contribution in [1.29, 1.82) is 0 Å². The Hall–Kier alpha value is -4.51. The SMILES string of the molecule is O=C1c2ccccc2C(=O)N1OCCc1ccc(-c2ncn(-c3ccc(OC(F)(F)F)cc3)n2)cc1. The third-order valence-electron chi connectivity index (χ3n) is 5.41. The number of hydrogen-bond donors (Lipinski definition) is 0. The third-order valence-corrected chi connectivity index (χ3v) is 5.41. The zero-order chi connectivity index (χ0) is 25.3. The number of hydroxylamine groups is 2. The summed E-state index contributed by atoms with van der Waals surface area (Å²) in [6, 6.07) is 19.2. The van der Waals surface area contributed by atoms with Gasteiger partial charge in [-0.1, -0.05) is 36.4 Å². The van der Waals surface area contributed by atoms with Crippen molar-refractivity contribution >= 4 is 11.8 Å². The lowest BCUT2D eigenvalue weighted by atomic mass is 10.1. The Morgan fingerprint density at radius 3 is 2.08 bits per heavy atom. The molecule has 0 saturated carbocycles. The van der Waals surface area contributed by atoms with Crippen molar-refractivity contribution in [3.05, 3.63) is 95.8 Å². The molecule has 0 N–H and O–H groups in total. The second-order valence-corrected chi connectivity index (χ2v) is 7.78. The topological polar surface area (TPSA) is 86.6 Å². The first kappa shape index (κ1) is 23.2. The smallest absolute Gasteiger partial charge is 0.406 e. The summed E-state index contributed by atoms with van der Waals surface area (Å²) < 4.78 is 42.3. The number of fused-ring (bicyclic) bond motifs is 1. The molecular formula is C25H17F3N4O4. The van der Waals surface area contributed by atoms with Crippen LogP contribution < -0.4 is 4.74 Å². The first-order valence-corrected chi connectivity index (χ1v) is 10.8. The second-order valence-electron chi connectivity index (χ2n) is 7.78. The van der Waals surface area contributed by atoms with E-state index in [1.165, 1.54) is 35.3 Å². The number of carbonyl (C=O) groups excluding carboxylic acids is 2. The van der Waals surface area contributed by atoms with Gasteiger partial charge in [0.25, 0.3) is 11.8 Å². The molecule has 3 aromatic carbocycles. The van der Waals surface area contributed by atoms with E-state index in [0.717, 1.165) is 16.2 Å². The van der Waals surface area contributed by atoms with Crippen molar-refractivity contribution in [2.75, 3.05) is 6.61 Å². The largest absolute Gasteiger partial charge is 0.573 e. The number of carbonyl (C=O) groups is 2. The molecule has 11 heteroatoms. The van der Waals surface area contributed by atoms with E-state index >= 15 is 0 Å². The van der Waals surface area contributed by atoms with Crippen LogP contribution in [0.5, 0.6) is 5.75 Å². The van der Waals surface area contributed by atoms with Gasteiger partial charge < -0.3 is 4.74 Å². The number of aromatic nitrogens is 3. The Bertz CT molecular complexity index is 1380. The number of amides is 2. The normalized spacial score (nSPS) is 13.2. The number of rotatable bonds is 7. The molecular weight excluding hydrogens is 477 g/mol. The van der Waals surface area contributed by atoms with Crippen LogP contribution >= 0.6 is 0 Å². The molecule has 0 saturated heterocycles. The molecule has 8 nitrogen and oxygen atoms in total. The minimum absolute atomic E-state index is 0.131. The van der Waals surface area contributed by atoms with Gasteiger partial charge in [-0.25, -0.2) is 9.67 Å². The van der Waals surface area contributed by atoms with Crippen LogP contribution in [0.1, 0.15) is 26.3 Å². The summed E-state index contributed by atoms with van der Waals surface area (Å²) in [7, 11) is 0. The van der Waals surface area contributed by atoms with Crippen LogP contribution in [0, 0.1) is 0 Å². The first-order chi connectivity index (χ1) is 17.3. The Morgan fingerprint density at radius 2 is 1.47 bits per heavy atom. The van der Waals surface area contributed by atoms with Gasteiger partial charge in [-0.15, -0.1) is 23.3 Å². The standard InChI is InChI=1S/C25H17F3N4O4/c26-25(27,28)36-19-11-9-18(10-12-19)31-15-29-22(30-31)17-7-5-16(6-8-17)13-14-35-32-23(33)20-3-1-2-4-21(20)24(32)34/h1-12,15H,13-14H2. The van der Waals surface area contributed by atoms with Crippen LogP contribution in [0.3, 0.4) is 0 Å².